The number of hydrogen-bond donors (Lipinski definition) is 0. The van der Waals surface area contributed by atoms with Gasteiger partial charge in [-0.05, 0) is 91.7 Å². The molecule has 4 aromatic rings. The Kier molecular flexibility index (Phi) is 13.8. The number of nitriles is 1. The monoisotopic (exact) mass is 776 g/mol. The normalized spacial score (nSPS) is 15.6. The number of rotatable bonds is 15. The molecular formula is C44H52N6O3S2. The van der Waals surface area contributed by atoms with Crippen molar-refractivity contribution < 1.29 is 13.2 Å². The van der Waals surface area contributed by atoms with Crippen LogP contribution in [-0.2, 0) is 27.9 Å². The number of nitrogens with zero attached hydrogens (tertiary/aromatic N) is 6. The van der Waals surface area contributed by atoms with Crippen LogP contribution < -0.4 is 9.80 Å². The second kappa shape index (κ2) is 18.9. The number of piperidine rings is 1. The highest BCUT2D eigenvalue weighted by Crippen LogP contribution is 2.34. The summed E-state index contributed by atoms with van der Waals surface area (Å²) in [7, 11) is 0.146. The predicted molar refractivity (Wildman–Crippen MR) is 223 cm³/mol. The van der Waals surface area contributed by atoms with Gasteiger partial charge >= 0.3 is 0 Å². The SMILES string of the molecule is C=CCN(C(=O)CSc1ccc(S(=O)(=O)N(C)C2CCCCC2)cn1)c1ccc(C2CCN(c3ccccc3CN(C)Cc3ccccc3C#N)CC2)cc1. The molecule has 55 heavy (non-hydrogen) atoms. The minimum absolute atomic E-state index is 0.0299. The summed E-state index contributed by atoms with van der Waals surface area (Å²) >= 11 is 1.30. The Hall–Kier alpha value is -4.47. The molecule has 2 heterocycles. The third kappa shape index (κ3) is 10.0. The molecule has 6 rings (SSSR count). The van der Waals surface area contributed by atoms with Crippen LogP contribution in [0.4, 0.5) is 11.4 Å². The van der Waals surface area contributed by atoms with Gasteiger partial charge in [0.25, 0.3) is 0 Å². The fraction of sp³-hybridized carbons (Fsp3) is 0.386. The number of hydrogen-bond acceptors (Lipinski definition) is 8. The van der Waals surface area contributed by atoms with Crippen LogP contribution in [0, 0.1) is 11.3 Å². The number of thioether (sulfide) groups is 1. The van der Waals surface area contributed by atoms with Crippen LogP contribution in [0.2, 0.25) is 0 Å². The minimum Gasteiger partial charge on any atom is -0.371 e. The molecule has 0 atom stereocenters. The molecule has 0 spiro atoms. The third-order valence-corrected chi connectivity index (χ3v) is 13.8. The molecule has 0 unspecified atom stereocenters. The number of benzene rings is 3. The van der Waals surface area contributed by atoms with Crippen LogP contribution in [0.3, 0.4) is 0 Å². The Labute approximate surface area is 331 Å². The Balaban J connectivity index is 1.02. The molecule has 1 saturated carbocycles. The molecule has 1 aliphatic carbocycles. The van der Waals surface area contributed by atoms with E-state index in [2.05, 4.69) is 70.9 Å². The standard InChI is InChI=1S/C44H52N6O3S2/c1-4-26-50(44(51)33-54-43-23-22-41(30-46-43)55(52,53)48(3)39-15-6-5-7-16-39)40-20-18-34(19-21-40)35-24-27-49(28-25-35)42-17-11-10-14-38(42)32-47(2)31-37-13-9-8-12-36(37)29-45/h4,8-14,17-23,30,35,39H,1,5-7,15-16,24-28,31-33H2,2-3H3. The topological polar surface area (TPSA) is 101 Å². The summed E-state index contributed by atoms with van der Waals surface area (Å²) in [6.07, 6.45) is 10.3. The van der Waals surface area contributed by atoms with E-state index in [0.29, 0.717) is 24.0 Å². The number of carbonyl (C=O) groups excluding carboxylic acids is 1. The Morgan fingerprint density at radius 1 is 0.909 bits per heavy atom. The molecule has 1 aliphatic heterocycles. The largest absolute Gasteiger partial charge is 0.371 e. The Morgan fingerprint density at radius 2 is 1.58 bits per heavy atom. The van der Waals surface area contributed by atoms with E-state index < -0.39 is 10.0 Å². The average Bonchev–Trinajstić information content (AvgIpc) is 3.22. The van der Waals surface area contributed by atoms with E-state index in [9.17, 15) is 18.5 Å². The smallest absolute Gasteiger partial charge is 0.244 e. The molecule has 1 saturated heterocycles. The maximum absolute atomic E-state index is 13.5. The van der Waals surface area contributed by atoms with Crippen LogP contribution in [0.5, 0.6) is 0 Å². The van der Waals surface area contributed by atoms with Crippen molar-refractivity contribution in [2.45, 2.75) is 79.9 Å². The molecule has 0 bridgehead atoms. The van der Waals surface area contributed by atoms with Crippen molar-refractivity contribution in [3.8, 4) is 6.07 Å². The van der Waals surface area contributed by atoms with Crippen molar-refractivity contribution >= 4 is 39.1 Å². The lowest BCUT2D eigenvalue weighted by Gasteiger charge is -2.35. The third-order valence-electron chi connectivity index (χ3n) is 11.0. The van der Waals surface area contributed by atoms with E-state index in [-0.39, 0.29) is 22.6 Å². The summed E-state index contributed by atoms with van der Waals surface area (Å²) in [5.41, 5.74) is 6.42. The molecule has 1 aromatic heterocycles. The first-order chi connectivity index (χ1) is 26.7. The number of aromatic nitrogens is 1. The van der Waals surface area contributed by atoms with Gasteiger partial charge in [0.1, 0.15) is 4.90 Å². The predicted octanol–water partition coefficient (Wildman–Crippen LogP) is 8.23. The van der Waals surface area contributed by atoms with Crippen LogP contribution in [0.1, 0.15) is 73.1 Å². The summed E-state index contributed by atoms with van der Waals surface area (Å²) in [6.45, 7) is 7.69. The van der Waals surface area contributed by atoms with E-state index in [4.69, 9.17) is 0 Å². The molecule has 11 heteroatoms. The number of sulfonamides is 1. The summed E-state index contributed by atoms with van der Waals surface area (Å²) in [6, 6.07) is 30.4. The van der Waals surface area contributed by atoms with Gasteiger partial charge < -0.3 is 9.80 Å². The molecule has 1 amide bonds. The highest BCUT2D eigenvalue weighted by atomic mass is 32.2. The van der Waals surface area contributed by atoms with Gasteiger partial charge in [0.05, 0.1) is 22.4 Å². The van der Waals surface area contributed by atoms with Gasteiger partial charge in [-0.15, -0.1) is 6.58 Å². The van der Waals surface area contributed by atoms with Gasteiger partial charge in [0, 0.05) is 63.4 Å². The Morgan fingerprint density at radius 3 is 2.25 bits per heavy atom. The molecule has 9 nitrogen and oxygen atoms in total. The van der Waals surface area contributed by atoms with Crippen molar-refractivity contribution in [3.63, 3.8) is 0 Å². The van der Waals surface area contributed by atoms with Crippen LogP contribution in [-0.4, -0.2) is 74.0 Å². The number of carbonyl (C=O) groups is 1. The number of pyridine rings is 1. The number of amides is 1. The van der Waals surface area contributed by atoms with E-state index in [1.54, 1.807) is 30.2 Å². The lowest BCUT2D eigenvalue weighted by atomic mass is 9.89. The quantitative estimate of drug-likeness (QED) is 0.0880. The van der Waals surface area contributed by atoms with Gasteiger partial charge in [-0.1, -0.05) is 85.6 Å². The highest BCUT2D eigenvalue weighted by molar-refractivity contribution is 7.99. The molecular weight excluding hydrogens is 725 g/mol. The van der Waals surface area contributed by atoms with Gasteiger partial charge in [-0.3, -0.25) is 9.69 Å². The fourth-order valence-corrected chi connectivity index (χ4v) is 9.92. The van der Waals surface area contributed by atoms with E-state index >= 15 is 0 Å². The van der Waals surface area contributed by atoms with Crippen molar-refractivity contribution in [1.82, 2.24) is 14.2 Å². The Bertz CT molecular complexity index is 2050. The lowest BCUT2D eigenvalue weighted by molar-refractivity contribution is -0.116. The summed E-state index contributed by atoms with van der Waals surface area (Å²) in [4.78, 5) is 24.6. The van der Waals surface area contributed by atoms with Crippen LogP contribution >= 0.6 is 11.8 Å². The van der Waals surface area contributed by atoms with Gasteiger partial charge in [0.15, 0.2) is 0 Å². The van der Waals surface area contributed by atoms with E-state index in [0.717, 1.165) is 81.4 Å². The summed E-state index contributed by atoms with van der Waals surface area (Å²) in [5, 5.41) is 10.1. The maximum atomic E-state index is 13.5. The summed E-state index contributed by atoms with van der Waals surface area (Å²) < 4.78 is 28.0. The van der Waals surface area contributed by atoms with Gasteiger partial charge in [-0.25, -0.2) is 13.4 Å². The van der Waals surface area contributed by atoms with E-state index in [1.165, 1.54) is 39.1 Å². The molecule has 0 N–H and O–H groups in total. The zero-order chi connectivity index (χ0) is 38.8. The van der Waals surface area contributed by atoms with E-state index in [1.807, 2.05) is 36.4 Å². The maximum Gasteiger partial charge on any atom is 0.244 e. The van der Waals surface area contributed by atoms with Crippen molar-refractivity contribution in [1.29, 1.82) is 5.26 Å². The first-order valence-electron chi connectivity index (χ1n) is 19.3. The first kappa shape index (κ1) is 40.2. The van der Waals surface area contributed by atoms with Gasteiger partial charge in [0.2, 0.25) is 15.9 Å². The average molecular weight is 777 g/mol. The van der Waals surface area contributed by atoms with Crippen molar-refractivity contribution in [3.05, 3.63) is 126 Å². The van der Waals surface area contributed by atoms with Crippen molar-refractivity contribution in [2.75, 3.05) is 49.3 Å². The molecule has 2 fully saturated rings. The molecule has 288 valence electrons. The first-order valence-corrected chi connectivity index (χ1v) is 21.7. The molecule has 2 aliphatic rings. The van der Waals surface area contributed by atoms with Gasteiger partial charge in [-0.2, -0.15) is 9.57 Å². The van der Waals surface area contributed by atoms with Crippen molar-refractivity contribution in [2.24, 2.45) is 0 Å². The lowest BCUT2D eigenvalue weighted by Crippen LogP contribution is -2.38. The molecule has 0 radical (unpaired) electrons. The fourth-order valence-electron chi connectivity index (χ4n) is 7.84. The van der Waals surface area contributed by atoms with Crippen LogP contribution in [0.25, 0.3) is 0 Å². The summed E-state index contributed by atoms with van der Waals surface area (Å²) in [5.74, 6) is 0.529. The number of anilines is 2. The molecule has 3 aromatic carbocycles. The second-order valence-corrected chi connectivity index (χ2v) is 17.6. The highest BCUT2D eigenvalue weighted by Gasteiger charge is 2.29. The van der Waals surface area contributed by atoms with Crippen LogP contribution in [0.15, 0.2) is 114 Å². The minimum atomic E-state index is -3.62. The number of para-hydroxylation sites is 1. The zero-order valence-corrected chi connectivity index (χ0v) is 33.6. The zero-order valence-electron chi connectivity index (χ0n) is 32.0. The second-order valence-electron chi connectivity index (χ2n) is 14.6.